The number of benzene rings is 9. The van der Waals surface area contributed by atoms with Crippen LogP contribution in [-0.4, -0.2) is 9.13 Å². The fourth-order valence-corrected chi connectivity index (χ4v) is 9.79. The van der Waals surface area contributed by atoms with Gasteiger partial charge in [-0.25, -0.2) is 0 Å². The van der Waals surface area contributed by atoms with Gasteiger partial charge < -0.3 is 9.13 Å². The molecule has 2 aromatic heterocycles. The topological polar surface area (TPSA) is 9.86 Å². The van der Waals surface area contributed by atoms with Gasteiger partial charge in [0.2, 0.25) is 0 Å². The summed E-state index contributed by atoms with van der Waals surface area (Å²) in [5, 5.41) is 3.86. The summed E-state index contributed by atoms with van der Waals surface area (Å²) in [5.74, 6) is 0. The summed E-state index contributed by atoms with van der Waals surface area (Å²) < 4.78 is 4.85. The molecular formula is C60H42N2. The number of rotatable bonds is 7. The lowest BCUT2D eigenvalue weighted by atomic mass is 9.90. The zero-order valence-corrected chi connectivity index (χ0v) is 34.2. The molecule has 0 saturated heterocycles. The highest BCUT2D eigenvalue weighted by Crippen LogP contribution is 2.40. The third kappa shape index (κ3) is 6.19. The standard InChI is InChI=1S/C60H42N2/c1-3-15-41(16-4-1)45-35-47(43-27-31-51(32-28-43)61-57-23-11-7-19-53(57)54-20-8-12-24-58(54)61)39-49(37-45)50-38-46(42-17-5-2-6-18-42)36-48(40-50)44-29-33-52(34-30-44)62-59-25-13-9-21-55(59)56-22-10-14-26-60(56)62/h1-13,15-25,27-40H,14,26H2. The van der Waals surface area contributed by atoms with Crippen molar-refractivity contribution in [3.8, 4) is 67.0 Å². The summed E-state index contributed by atoms with van der Waals surface area (Å²) in [7, 11) is 0. The van der Waals surface area contributed by atoms with Crippen molar-refractivity contribution < 1.29 is 0 Å². The fraction of sp³-hybridized carbons (Fsp3) is 0.0333. The normalized spacial score (nSPS) is 12.3. The second-order valence-electron chi connectivity index (χ2n) is 16.4. The first-order valence-corrected chi connectivity index (χ1v) is 21.6. The van der Waals surface area contributed by atoms with E-state index in [-0.39, 0.29) is 0 Å². The first kappa shape index (κ1) is 36.0. The molecule has 292 valence electrons. The average molecular weight is 791 g/mol. The number of allylic oxidation sites excluding steroid dienone is 1. The van der Waals surface area contributed by atoms with E-state index in [1.54, 1.807) is 0 Å². The van der Waals surface area contributed by atoms with Crippen molar-refractivity contribution in [2.75, 3.05) is 0 Å². The Hall–Kier alpha value is -7.94. The van der Waals surface area contributed by atoms with E-state index in [9.17, 15) is 0 Å². The molecule has 1 aliphatic rings. The van der Waals surface area contributed by atoms with Crippen LogP contribution < -0.4 is 0 Å². The molecule has 1 aliphatic carbocycles. The molecule has 0 N–H and O–H groups in total. The van der Waals surface area contributed by atoms with Crippen LogP contribution in [0.2, 0.25) is 0 Å². The molecule has 0 amide bonds. The van der Waals surface area contributed by atoms with Crippen LogP contribution in [0.1, 0.15) is 17.7 Å². The molecule has 2 heteroatoms. The van der Waals surface area contributed by atoms with Crippen molar-refractivity contribution in [1.82, 2.24) is 9.13 Å². The van der Waals surface area contributed by atoms with Crippen molar-refractivity contribution >= 4 is 38.8 Å². The highest BCUT2D eigenvalue weighted by Gasteiger charge is 2.19. The van der Waals surface area contributed by atoms with Gasteiger partial charge in [0.1, 0.15) is 0 Å². The smallest absolute Gasteiger partial charge is 0.0541 e. The third-order valence-corrected chi connectivity index (χ3v) is 12.8. The Bertz CT molecular complexity index is 3420. The van der Waals surface area contributed by atoms with E-state index in [0.29, 0.717) is 0 Å². The van der Waals surface area contributed by atoms with Gasteiger partial charge in [0.15, 0.2) is 0 Å². The fourth-order valence-electron chi connectivity index (χ4n) is 9.79. The predicted molar refractivity (Wildman–Crippen MR) is 262 cm³/mol. The van der Waals surface area contributed by atoms with Crippen LogP contribution in [0.3, 0.4) is 0 Å². The molecule has 0 unspecified atom stereocenters. The van der Waals surface area contributed by atoms with Gasteiger partial charge >= 0.3 is 0 Å². The van der Waals surface area contributed by atoms with Crippen LogP contribution in [0.15, 0.2) is 224 Å². The minimum atomic E-state index is 1.04. The highest BCUT2D eigenvalue weighted by atomic mass is 15.0. The molecule has 9 aromatic carbocycles. The average Bonchev–Trinajstić information content (AvgIpc) is 3.87. The molecule has 0 aliphatic heterocycles. The molecule has 0 bridgehead atoms. The number of fused-ring (bicyclic) bond motifs is 6. The lowest BCUT2D eigenvalue weighted by Crippen LogP contribution is -2.02. The third-order valence-electron chi connectivity index (χ3n) is 12.8. The van der Waals surface area contributed by atoms with Crippen LogP contribution >= 0.6 is 0 Å². The Morgan fingerprint density at radius 1 is 0.290 bits per heavy atom. The van der Waals surface area contributed by atoms with E-state index < -0.39 is 0 Å². The summed E-state index contributed by atoms with van der Waals surface area (Å²) in [6, 6.07) is 80.2. The summed E-state index contributed by atoms with van der Waals surface area (Å²) in [6.07, 6.45) is 6.72. The Balaban J connectivity index is 0.980. The maximum Gasteiger partial charge on any atom is 0.0541 e. The van der Waals surface area contributed by atoms with Gasteiger partial charge in [-0.05, 0) is 147 Å². The zero-order chi connectivity index (χ0) is 41.0. The molecule has 0 atom stereocenters. The van der Waals surface area contributed by atoms with Crippen molar-refractivity contribution in [2.24, 2.45) is 0 Å². The molecule has 62 heavy (non-hydrogen) atoms. The van der Waals surface area contributed by atoms with E-state index in [1.165, 1.54) is 105 Å². The quantitative estimate of drug-likeness (QED) is 0.152. The summed E-state index contributed by atoms with van der Waals surface area (Å²) in [5.41, 5.74) is 20.7. The maximum atomic E-state index is 2.47. The van der Waals surface area contributed by atoms with Crippen molar-refractivity contribution in [1.29, 1.82) is 0 Å². The second-order valence-corrected chi connectivity index (χ2v) is 16.4. The lowest BCUT2D eigenvalue weighted by molar-refractivity contribution is 0.888. The van der Waals surface area contributed by atoms with Gasteiger partial charge in [-0.1, -0.05) is 152 Å². The summed E-state index contributed by atoms with van der Waals surface area (Å²) >= 11 is 0. The van der Waals surface area contributed by atoms with Gasteiger partial charge in [0.05, 0.1) is 16.6 Å². The van der Waals surface area contributed by atoms with E-state index >= 15 is 0 Å². The molecular weight excluding hydrogens is 749 g/mol. The molecule has 0 fully saturated rings. The van der Waals surface area contributed by atoms with Crippen molar-refractivity contribution in [3.63, 3.8) is 0 Å². The van der Waals surface area contributed by atoms with E-state index in [4.69, 9.17) is 0 Å². The number of para-hydroxylation sites is 3. The predicted octanol–water partition coefficient (Wildman–Crippen LogP) is 16.0. The van der Waals surface area contributed by atoms with Gasteiger partial charge in [-0.15, -0.1) is 0 Å². The van der Waals surface area contributed by atoms with Gasteiger partial charge in [0.25, 0.3) is 0 Å². The summed E-state index contributed by atoms with van der Waals surface area (Å²) in [4.78, 5) is 0. The SMILES string of the molecule is C1=Cc2c(n(-c3ccc(-c4cc(-c5ccccc5)cc(-c5cc(-c6ccccc6)cc(-c6ccc(-n7c8ccccc8c8ccccc87)cc6)c5)c4)cc3)c3ccccc23)CC1. The minimum absolute atomic E-state index is 1.04. The molecule has 0 radical (unpaired) electrons. The maximum absolute atomic E-state index is 2.47. The van der Waals surface area contributed by atoms with Gasteiger partial charge in [-0.3, -0.25) is 0 Å². The molecule has 2 heterocycles. The van der Waals surface area contributed by atoms with Crippen LogP contribution in [0.5, 0.6) is 0 Å². The molecule has 0 spiro atoms. The molecule has 0 saturated carbocycles. The Labute approximate surface area is 361 Å². The number of hydrogen-bond acceptors (Lipinski definition) is 0. The van der Waals surface area contributed by atoms with Crippen LogP contribution in [0.25, 0.3) is 106 Å². The zero-order valence-electron chi connectivity index (χ0n) is 34.2. The summed E-state index contributed by atoms with van der Waals surface area (Å²) in [6.45, 7) is 0. The highest BCUT2D eigenvalue weighted by molar-refractivity contribution is 6.09. The van der Waals surface area contributed by atoms with E-state index in [0.717, 1.165) is 18.5 Å². The monoisotopic (exact) mass is 790 g/mol. The van der Waals surface area contributed by atoms with Gasteiger partial charge in [0, 0.05) is 38.8 Å². The van der Waals surface area contributed by atoms with Crippen molar-refractivity contribution in [3.05, 3.63) is 236 Å². The van der Waals surface area contributed by atoms with E-state index in [2.05, 4.69) is 240 Å². The number of aromatic nitrogens is 2. The molecule has 12 rings (SSSR count). The van der Waals surface area contributed by atoms with Crippen LogP contribution in [0.4, 0.5) is 0 Å². The van der Waals surface area contributed by atoms with Crippen LogP contribution in [0, 0.1) is 0 Å². The Morgan fingerprint density at radius 3 is 1.11 bits per heavy atom. The van der Waals surface area contributed by atoms with Gasteiger partial charge in [-0.2, -0.15) is 0 Å². The first-order valence-electron chi connectivity index (χ1n) is 21.6. The molecule has 2 nitrogen and oxygen atoms in total. The number of nitrogens with zero attached hydrogens (tertiary/aromatic N) is 2. The Morgan fingerprint density at radius 2 is 0.645 bits per heavy atom. The molecule has 11 aromatic rings. The second kappa shape index (κ2) is 15.0. The van der Waals surface area contributed by atoms with E-state index in [1.807, 2.05) is 0 Å². The number of hydrogen-bond donors (Lipinski definition) is 0. The Kier molecular flexibility index (Phi) is 8.67. The first-order chi connectivity index (χ1) is 30.7. The van der Waals surface area contributed by atoms with Crippen LogP contribution in [-0.2, 0) is 6.42 Å². The minimum Gasteiger partial charge on any atom is -0.313 e. The lowest BCUT2D eigenvalue weighted by Gasteiger charge is -2.16. The largest absolute Gasteiger partial charge is 0.313 e. The van der Waals surface area contributed by atoms with Crippen molar-refractivity contribution in [2.45, 2.75) is 12.8 Å².